The Morgan fingerprint density at radius 2 is 1.82 bits per heavy atom. The van der Waals surface area contributed by atoms with Crippen LogP contribution in [0.3, 0.4) is 0 Å². The topological polar surface area (TPSA) is 62.2 Å². The maximum absolute atomic E-state index is 11.5. The van der Waals surface area contributed by atoms with Gasteiger partial charge in [-0.2, -0.15) is 0 Å². The fraction of sp³-hybridized carbons (Fsp3) is 0.0588. The minimum Gasteiger partial charge on any atom is -0.489 e. The maximum atomic E-state index is 11.5. The Bertz CT molecular complexity index is 724. The third kappa shape index (κ3) is 3.56. The van der Waals surface area contributed by atoms with Crippen molar-refractivity contribution in [2.75, 3.05) is 0 Å². The standard InChI is InChI=1S/C17H14N2O2S/c18-17-19-16(20)15(22-17)10-12-6-8-14(9-7-12)21-11-13-4-2-1-3-5-13/h1-10H,11H2,(H2,18,19,20)/b15-10+. The highest BCUT2D eigenvalue weighted by molar-refractivity contribution is 8.18. The Morgan fingerprint density at radius 1 is 1.09 bits per heavy atom. The van der Waals surface area contributed by atoms with Crippen LogP contribution in [0.15, 0.2) is 59.5 Å². The molecule has 0 aliphatic carbocycles. The number of carbonyl (C=O) groups excluding carboxylic acids is 1. The molecule has 0 spiro atoms. The SMILES string of the molecule is N=C1NC(=O)/C(=C\c2ccc(OCc3ccccc3)cc2)S1. The van der Waals surface area contributed by atoms with Gasteiger partial charge in [-0.1, -0.05) is 42.5 Å². The van der Waals surface area contributed by atoms with Gasteiger partial charge in [-0.25, -0.2) is 0 Å². The number of ether oxygens (including phenoxy) is 1. The molecule has 2 aromatic rings. The Morgan fingerprint density at radius 3 is 2.45 bits per heavy atom. The van der Waals surface area contributed by atoms with Crippen molar-refractivity contribution in [3.63, 3.8) is 0 Å². The van der Waals surface area contributed by atoms with E-state index in [1.54, 1.807) is 6.08 Å². The summed E-state index contributed by atoms with van der Waals surface area (Å²) in [6.45, 7) is 0.525. The second kappa shape index (κ2) is 6.49. The first-order valence-corrected chi connectivity index (χ1v) is 7.58. The second-order valence-corrected chi connectivity index (χ2v) is 5.79. The zero-order valence-corrected chi connectivity index (χ0v) is 12.5. The Labute approximate surface area is 132 Å². The van der Waals surface area contributed by atoms with Gasteiger partial charge < -0.3 is 10.1 Å². The van der Waals surface area contributed by atoms with Gasteiger partial charge in [0.05, 0.1) is 4.91 Å². The van der Waals surface area contributed by atoms with Crippen molar-refractivity contribution in [1.29, 1.82) is 5.41 Å². The van der Waals surface area contributed by atoms with Crippen LogP contribution in [0.1, 0.15) is 11.1 Å². The van der Waals surface area contributed by atoms with Gasteiger partial charge in [0.2, 0.25) is 0 Å². The fourth-order valence-corrected chi connectivity index (χ4v) is 2.70. The fourth-order valence-electron chi connectivity index (χ4n) is 1.99. The van der Waals surface area contributed by atoms with E-state index in [9.17, 15) is 4.79 Å². The number of rotatable bonds is 4. The van der Waals surface area contributed by atoms with Gasteiger partial charge in [0.25, 0.3) is 5.91 Å². The number of benzene rings is 2. The summed E-state index contributed by atoms with van der Waals surface area (Å²) in [4.78, 5) is 12.1. The molecule has 1 heterocycles. The molecule has 0 aromatic heterocycles. The van der Waals surface area contributed by atoms with Gasteiger partial charge >= 0.3 is 0 Å². The molecule has 0 atom stereocenters. The average Bonchev–Trinajstić information content (AvgIpc) is 2.85. The summed E-state index contributed by atoms with van der Waals surface area (Å²) in [6.07, 6.45) is 1.77. The number of amidine groups is 1. The van der Waals surface area contributed by atoms with Crippen LogP contribution >= 0.6 is 11.8 Å². The zero-order chi connectivity index (χ0) is 15.4. The molecule has 110 valence electrons. The van der Waals surface area contributed by atoms with Gasteiger partial charge in [0.15, 0.2) is 5.17 Å². The van der Waals surface area contributed by atoms with Crippen LogP contribution in [-0.2, 0) is 11.4 Å². The molecule has 22 heavy (non-hydrogen) atoms. The van der Waals surface area contributed by atoms with E-state index in [4.69, 9.17) is 10.1 Å². The Hall–Kier alpha value is -2.53. The van der Waals surface area contributed by atoms with E-state index in [0.717, 1.165) is 28.6 Å². The van der Waals surface area contributed by atoms with Crippen molar-refractivity contribution < 1.29 is 9.53 Å². The van der Waals surface area contributed by atoms with E-state index < -0.39 is 0 Å². The highest BCUT2D eigenvalue weighted by atomic mass is 32.2. The highest BCUT2D eigenvalue weighted by Crippen LogP contribution is 2.25. The highest BCUT2D eigenvalue weighted by Gasteiger charge is 2.21. The van der Waals surface area contributed by atoms with Crippen molar-refractivity contribution in [2.45, 2.75) is 6.61 Å². The summed E-state index contributed by atoms with van der Waals surface area (Å²) in [5, 5.41) is 10.0. The molecule has 2 aromatic carbocycles. The number of hydrogen-bond acceptors (Lipinski definition) is 4. The lowest BCUT2D eigenvalue weighted by Crippen LogP contribution is -2.18. The van der Waals surface area contributed by atoms with Crippen molar-refractivity contribution in [2.24, 2.45) is 0 Å². The van der Waals surface area contributed by atoms with Crippen LogP contribution < -0.4 is 10.1 Å². The van der Waals surface area contributed by atoms with Crippen LogP contribution in [0.4, 0.5) is 0 Å². The summed E-state index contributed by atoms with van der Waals surface area (Å²) in [5.74, 6) is 0.557. The van der Waals surface area contributed by atoms with E-state index in [-0.39, 0.29) is 11.1 Å². The number of hydrogen-bond donors (Lipinski definition) is 2. The molecule has 2 N–H and O–H groups in total. The minimum absolute atomic E-state index is 0.166. The van der Waals surface area contributed by atoms with Gasteiger partial charge in [0, 0.05) is 0 Å². The molecule has 1 amide bonds. The van der Waals surface area contributed by atoms with Crippen LogP contribution in [0.25, 0.3) is 6.08 Å². The molecule has 3 rings (SSSR count). The summed E-state index contributed by atoms with van der Waals surface area (Å²) in [5.41, 5.74) is 2.02. The number of thioether (sulfide) groups is 1. The molecular formula is C17H14N2O2S. The molecule has 0 saturated carbocycles. The van der Waals surface area contributed by atoms with Crippen LogP contribution in [0.5, 0.6) is 5.75 Å². The maximum Gasteiger partial charge on any atom is 0.264 e. The third-order valence-corrected chi connectivity index (χ3v) is 3.92. The van der Waals surface area contributed by atoms with Crippen molar-refractivity contribution in [1.82, 2.24) is 5.32 Å². The predicted octanol–water partition coefficient (Wildman–Crippen LogP) is 3.40. The molecule has 0 radical (unpaired) electrons. The normalized spacial score (nSPS) is 15.9. The number of amides is 1. The first kappa shape index (κ1) is 14.4. The van der Waals surface area contributed by atoms with Crippen LogP contribution in [0.2, 0.25) is 0 Å². The molecule has 0 bridgehead atoms. The quantitative estimate of drug-likeness (QED) is 0.851. The number of nitrogens with one attached hydrogen (secondary N) is 2. The molecule has 1 aliphatic heterocycles. The van der Waals surface area contributed by atoms with E-state index in [1.807, 2.05) is 54.6 Å². The van der Waals surface area contributed by atoms with Crippen LogP contribution in [0, 0.1) is 5.41 Å². The van der Waals surface area contributed by atoms with Gasteiger partial charge in [-0.3, -0.25) is 10.2 Å². The van der Waals surface area contributed by atoms with E-state index in [2.05, 4.69) is 5.32 Å². The van der Waals surface area contributed by atoms with E-state index in [0.29, 0.717) is 11.5 Å². The second-order valence-electron chi connectivity index (χ2n) is 4.74. The van der Waals surface area contributed by atoms with Gasteiger partial charge in [-0.15, -0.1) is 0 Å². The Balaban J connectivity index is 1.64. The molecular weight excluding hydrogens is 296 g/mol. The van der Waals surface area contributed by atoms with Gasteiger partial charge in [-0.05, 0) is 41.1 Å². The summed E-state index contributed by atoms with van der Waals surface area (Å²) in [6, 6.07) is 17.5. The monoisotopic (exact) mass is 310 g/mol. The van der Waals surface area contributed by atoms with Crippen molar-refractivity contribution in [3.05, 3.63) is 70.6 Å². The molecule has 1 saturated heterocycles. The van der Waals surface area contributed by atoms with E-state index in [1.165, 1.54) is 0 Å². The predicted molar refractivity (Wildman–Crippen MR) is 88.7 cm³/mol. The van der Waals surface area contributed by atoms with Gasteiger partial charge in [0.1, 0.15) is 12.4 Å². The molecule has 1 fully saturated rings. The molecule has 0 unspecified atom stereocenters. The minimum atomic E-state index is -0.223. The molecule has 5 heteroatoms. The first-order valence-electron chi connectivity index (χ1n) is 6.77. The third-order valence-electron chi connectivity index (χ3n) is 3.09. The largest absolute Gasteiger partial charge is 0.489 e. The molecule has 1 aliphatic rings. The van der Waals surface area contributed by atoms with Crippen LogP contribution in [-0.4, -0.2) is 11.1 Å². The average molecular weight is 310 g/mol. The Kier molecular flexibility index (Phi) is 4.25. The summed E-state index contributed by atoms with van der Waals surface area (Å²) >= 11 is 1.13. The lowest BCUT2D eigenvalue weighted by atomic mass is 10.2. The first-order chi connectivity index (χ1) is 10.7. The van der Waals surface area contributed by atoms with E-state index >= 15 is 0 Å². The lowest BCUT2D eigenvalue weighted by Gasteiger charge is -2.06. The summed E-state index contributed by atoms with van der Waals surface area (Å²) < 4.78 is 5.72. The number of carbonyl (C=O) groups is 1. The summed E-state index contributed by atoms with van der Waals surface area (Å²) in [7, 11) is 0. The molecule has 4 nitrogen and oxygen atoms in total. The van der Waals surface area contributed by atoms with Crippen molar-refractivity contribution in [3.8, 4) is 5.75 Å². The van der Waals surface area contributed by atoms with Crippen molar-refractivity contribution >= 4 is 28.9 Å². The smallest absolute Gasteiger partial charge is 0.264 e. The lowest BCUT2D eigenvalue weighted by molar-refractivity contribution is -0.115. The zero-order valence-electron chi connectivity index (χ0n) is 11.7.